The predicted molar refractivity (Wildman–Crippen MR) is 121 cm³/mol. The van der Waals surface area contributed by atoms with E-state index < -0.39 is 12.0 Å². The molecule has 1 heterocycles. The molecule has 31 heavy (non-hydrogen) atoms. The van der Waals surface area contributed by atoms with E-state index >= 15 is 0 Å². The molecule has 1 rings (SSSR count). The Morgan fingerprint density at radius 3 is 2.61 bits per heavy atom. The van der Waals surface area contributed by atoms with Gasteiger partial charge in [-0.05, 0) is 45.7 Å². The van der Waals surface area contributed by atoms with Gasteiger partial charge in [0, 0.05) is 45.3 Å². The van der Waals surface area contributed by atoms with Crippen LogP contribution in [0, 0.1) is 13.8 Å². The van der Waals surface area contributed by atoms with Gasteiger partial charge in [0.25, 0.3) is 0 Å². The zero-order chi connectivity index (χ0) is 23.2. The molecule has 11 heteroatoms. The van der Waals surface area contributed by atoms with Crippen LogP contribution in [-0.4, -0.2) is 83.4 Å². The van der Waals surface area contributed by atoms with Crippen molar-refractivity contribution >= 4 is 17.8 Å². The van der Waals surface area contributed by atoms with Gasteiger partial charge in [0.2, 0.25) is 5.91 Å². The van der Waals surface area contributed by atoms with E-state index in [1.165, 1.54) is 0 Å². The number of rotatable bonds is 15. The number of aromatic nitrogens is 2. The number of hydrogen-bond donors (Lipinski definition) is 5. The first-order chi connectivity index (χ1) is 14.8. The third-order valence-electron chi connectivity index (χ3n) is 4.90. The lowest BCUT2D eigenvalue weighted by Crippen LogP contribution is -2.42. The number of carboxylic acid groups (broad SMARTS) is 1. The van der Waals surface area contributed by atoms with Crippen molar-refractivity contribution in [3.63, 3.8) is 0 Å². The Hall–Kier alpha value is -2.66. The summed E-state index contributed by atoms with van der Waals surface area (Å²) < 4.78 is 1.97. The van der Waals surface area contributed by atoms with Crippen molar-refractivity contribution in [3.8, 4) is 0 Å². The maximum absolute atomic E-state index is 12.2. The van der Waals surface area contributed by atoms with E-state index in [1.54, 1.807) is 7.05 Å². The second kappa shape index (κ2) is 14.4. The number of aliphatic imine (C=N–C) groups is 1. The Balaban J connectivity index is 2.37. The highest BCUT2D eigenvalue weighted by atomic mass is 16.4. The van der Waals surface area contributed by atoms with Crippen LogP contribution in [0.25, 0.3) is 0 Å². The van der Waals surface area contributed by atoms with E-state index in [-0.39, 0.29) is 12.3 Å². The minimum atomic E-state index is -1.04. The molecule has 7 N–H and O–H groups in total. The molecule has 0 aliphatic heterocycles. The van der Waals surface area contributed by atoms with E-state index in [0.717, 1.165) is 31.0 Å². The van der Waals surface area contributed by atoms with Gasteiger partial charge in [-0.25, -0.2) is 4.79 Å². The summed E-state index contributed by atoms with van der Waals surface area (Å²) in [7, 11) is 1.57. The van der Waals surface area contributed by atoms with E-state index in [9.17, 15) is 14.7 Å². The first-order valence-corrected chi connectivity index (χ1v) is 10.7. The third kappa shape index (κ3) is 10.8. The van der Waals surface area contributed by atoms with Crippen LogP contribution in [0.3, 0.4) is 0 Å². The first-order valence-electron chi connectivity index (χ1n) is 10.7. The van der Waals surface area contributed by atoms with Gasteiger partial charge in [0.05, 0.1) is 12.2 Å². The van der Waals surface area contributed by atoms with Crippen molar-refractivity contribution in [2.24, 2.45) is 16.5 Å². The van der Waals surface area contributed by atoms with Crippen molar-refractivity contribution in [2.45, 2.75) is 52.1 Å². The van der Waals surface area contributed by atoms with Gasteiger partial charge in [-0.2, -0.15) is 5.10 Å². The maximum Gasteiger partial charge on any atom is 0.326 e. The van der Waals surface area contributed by atoms with Crippen molar-refractivity contribution in [2.75, 3.05) is 39.8 Å². The number of nitrogens with zero attached hydrogens (tertiary/aromatic N) is 4. The molecule has 1 aromatic rings. The minimum absolute atomic E-state index is 0.262. The molecule has 1 atom stereocenters. The van der Waals surface area contributed by atoms with Gasteiger partial charge in [-0.15, -0.1) is 0 Å². The van der Waals surface area contributed by atoms with Crippen LogP contribution in [0.1, 0.15) is 37.1 Å². The van der Waals surface area contributed by atoms with Crippen LogP contribution in [0.5, 0.6) is 0 Å². The lowest BCUT2D eigenvalue weighted by molar-refractivity contribution is -0.142. The van der Waals surface area contributed by atoms with Crippen molar-refractivity contribution < 1.29 is 14.7 Å². The van der Waals surface area contributed by atoms with Crippen molar-refractivity contribution in [3.05, 3.63) is 17.5 Å². The number of aliphatic carboxylic acids is 1. The van der Waals surface area contributed by atoms with Gasteiger partial charge in [0.15, 0.2) is 5.96 Å². The molecule has 11 nitrogen and oxygen atoms in total. The van der Waals surface area contributed by atoms with Crippen molar-refractivity contribution in [1.82, 2.24) is 25.3 Å². The zero-order valence-electron chi connectivity index (χ0n) is 18.9. The smallest absolute Gasteiger partial charge is 0.326 e. The highest BCUT2D eigenvalue weighted by molar-refractivity contribution is 5.83. The van der Waals surface area contributed by atoms with Gasteiger partial charge < -0.3 is 32.1 Å². The van der Waals surface area contributed by atoms with Gasteiger partial charge in [0.1, 0.15) is 6.04 Å². The van der Waals surface area contributed by atoms with E-state index in [2.05, 4.69) is 25.6 Å². The highest BCUT2D eigenvalue weighted by Gasteiger charge is 2.19. The number of carbonyl (C=O) groups excluding carboxylic acids is 1. The van der Waals surface area contributed by atoms with Crippen molar-refractivity contribution in [1.29, 1.82) is 0 Å². The number of hydrogen-bond acceptors (Lipinski definition) is 6. The van der Waals surface area contributed by atoms with Crippen LogP contribution < -0.4 is 22.1 Å². The summed E-state index contributed by atoms with van der Waals surface area (Å²) in [5.41, 5.74) is 13.4. The predicted octanol–water partition coefficient (Wildman–Crippen LogP) is -0.575. The standard InChI is InChI=1S/C20H38N8O3/c1-15-14-16(2)28(26-15)13-12-27(11-8-21)10-5-7-18(29)25-17(19(30)31)6-4-9-24-20(22)23-3/h14,17H,4-13,21H2,1-3H3,(H,25,29)(H,30,31)(H3,22,23,24)/t17-/m0/s1. The first kappa shape index (κ1) is 26.4. The topological polar surface area (TPSA) is 164 Å². The molecular weight excluding hydrogens is 400 g/mol. The van der Waals surface area contributed by atoms with E-state index in [0.29, 0.717) is 44.9 Å². The fraction of sp³-hybridized carbons (Fsp3) is 0.700. The summed E-state index contributed by atoms with van der Waals surface area (Å²) in [6.45, 7) is 8.01. The summed E-state index contributed by atoms with van der Waals surface area (Å²) in [6.07, 6.45) is 1.75. The number of carboxylic acids is 1. The molecular formula is C20H38N8O3. The molecule has 0 radical (unpaired) electrons. The molecule has 0 bridgehead atoms. The summed E-state index contributed by atoms with van der Waals surface area (Å²) in [4.78, 5) is 29.6. The lowest BCUT2D eigenvalue weighted by atomic mass is 10.1. The Morgan fingerprint density at radius 2 is 2.03 bits per heavy atom. The Morgan fingerprint density at radius 1 is 1.29 bits per heavy atom. The molecule has 1 aromatic heterocycles. The number of nitrogens with two attached hydrogens (primary N) is 2. The fourth-order valence-corrected chi connectivity index (χ4v) is 3.24. The van der Waals surface area contributed by atoms with Crippen LogP contribution in [-0.2, 0) is 16.1 Å². The average Bonchev–Trinajstić information content (AvgIpc) is 3.04. The van der Waals surface area contributed by atoms with Gasteiger partial charge in [-0.1, -0.05) is 0 Å². The van der Waals surface area contributed by atoms with Crippen LogP contribution in [0.15, 0.2) is 11.1 Å². The van der Waals surface area contributed by atoms with E-state index in [4.69, 9.17) is 11.5 Å². The molecule has 0 unspecified atom stereocenters. The number of nitrogens with one attached hydrogen (secondary N) is 2. The molecule has 176 valence electrons. The quantitative estimate of drug-likeness (QED) is 0.138. The minimum Gasteiger partial charge on any atom is -0.480 e. The summed E-state index contributed by atoms with van der Waals surface area (Å²) in [6, 6.07) is 1.12. The average molecular weight is 439 g/mol. The summed E-state index contributed by atoms with van der Waals surface area (Å²) in [5.74, 6) is -1.00. The molecule has 0 aromatic carbocycles. The molecule has 0 saturated carbocycles. The number of aryl methyl sites for hydroxylation is 2. The van der Waals surface area contributed by atoms with Gasteiger partial charge in [-0.3, -0.25) is 14.5 Å². The molecule has 1 amide bonds. The SMILES string of the molecule is CN=C(N)NCCC[C@H](NC(=O)CCCN(CCN)CCn1nc(C)cc1C)C(=O)O. The molecule has 0 aliphatic carbocycles. The maximum atomic E-state index is 12.2. The zero-order valence-corrected chi connectivity index (χ0v) is 18.9. The monoisotopic (exact) mass is 438 g/mol. The Kier molecular flexibility index (Phi) is 12.2. The van der Waals surface area contributed by atoms with Crippen LogP contribution in [0.2, 0.25) is 0 Å². The summed E-state index contributed by atoms with van der Waals surface area (Å²) >= 11 is 0. The van der Waals surface area contributed by atoms with E-state index in [1.807, 2.05) is 24.6 Å². The molecule has 0 aliphatic rings. The Labute approximate surface area is 184 Å². The fourth-order valence-electron chi connectivity index (χ4n) is 3.24. The summed E-state index contributed by atoms with van der Waals surface area (Å²) in [5, 5.41) is 19.3. The Bertz CT molecular complexity index is 719. The second-order valence-corrected chi connectivity index (χ2v) is 7.52. The number of amides is 1. The lowest BCUT2D eigenvalue weighted by Gasteiger charge is -2.22. The van der Waals surface area contributed by atoms with Crippen LogP contribution >= 0.6 is 0 Å². The largest absolute Gasteiger partial charge is 0.480 e. The van der Waals surface area contributed by atoms with Crippen LogP contribution in [0.4, 0.5) is 0 Å². The molecule has 0 fully saturated rings. The number of guanidine groups is 1. The number of carbonyl (C=O) groups is 2. The third-order valence-corrected chi connectivity index (χ3v) is 4.90. The normalized spacial score (nSPS) is 12.7. The highest BCUT2D eigenvalue weighted by Crippen LogP contribution is 2.04. The van der Waals surface area contributed by atoms with Gasteiger partial charge >= 0.3 is 5.97 Å². The second-order valence-electron chi connectivity index (χ2n) is 7.52. The molecule has 0 saturated heterocycles. The molecule has 0 spiro atoms.